The number of carbonyl (C=O) groups is 1. The van der Waals surface area contributed by atoms with Gasteiger partial charge in [-0.25, -0.2) is 4.39 Å². The van der Waals surface area contributed by atoms with Gasteiger partial charge in [0.25, 0.3) is 0 Å². The summed E-state index contributed by atoms with van der Waals surface area (Å²) in [4.78, 5) is 14.1. The van der Waals surface area contributed by atoms with Gasteiger partial charge < -0.3 is 10.4 Å². The van der Waals surface area contributed by atoms with Gasteiger partial charge in [-0.05, 0) is 35.2 Å². The standard InChI is InChI=1S/C20H23FN2O2/c21-18-7-3-4-15(10-18)11-20(25)22-12-19(24)14-23-9-8-16-5-1-2-6-17(16)13-23/h1-7,10,19,24H,8-9,11-14H2,(H,22,25). The van der Waals surface area contributed by atoms with Crippen molar-refractivity contribution < 1.29 is 14.3 Å². The smallest absolute Gasteiger partial charge is 0.224 e. The maximum Gasteiger partial charge on any atom is 0.224 e. The first-order chi connectivity index (χ1) is 12.1. The van der Waals surface area contributed by atoms with Crippen molar-refractivity contribution in [3.63, 3.8) is 0 Å². The van der Waals surface area contributed by atoms with Crippen LogP contribution < -0.4 is 5.32 Å². The van der Waals surface area contributed by atoms with E-state index in [9.17, 15) is 14.3 Å². The Morgan fingerprint density at radius 3 is 2.80 bits per heavy atom. The predicted molar refractivity (Wildman–Crippen MR) is 94.5 cm³/mol. The summed E-state index contributed by atoms with van der Waals surface area (Å²) >= 11 is 0. The number of β-amino-alcohol motifs (C(OH)–C–C–N with tert-alkyl or cyclic N) is 1. The van der Waals surface area contributed by atoms with Gasteiger partial charge in [-0.3, -0.25) is 9.69 Å². The first-order valence-corrected chi connectivity index (χ1v) is 8.58. The lowest BCUT2D eigenvalue weighted by atomic mass is 10.00. The van der Waals surface area contributed by atoms with Crippen LogP contribution in [0.2, 0.25) is 0 Å². The number of carbonyl (C=O) groups excluding carboxylic acids is 1. The zero-order valence-corrected chi connectivity index (χ0v) is 14.1. The van der Waals surface area contributed by atoms with Crippen molar-refractivity contribution in [2.24, 2.45) is 0 Å². The molecule has 2 aromatic carbocycles. The lowest BCUT2D eigenvalue weighted by Crippen LogP contribution is -2.42. The Balaban J connectivity index is 1.42. The van der Waals surface area contributed by atoms with E-state index in [1.165, 1.54) is 23.3 Å². The van der Waals surface area contributed by atoms with Crippen molar-refractivity contribution in [2.45, 2.75) is 25.5 Å². The molecule has 0 aromatic heterocycles. The van der Waals surface area contributed by atoms with Crippen LogP contribution in [-0.2, 0) is 24.2 Å². The fourth-order valence-corrected chi connectivity index (χ4v) is 3.20. The van der Waals surface area contributed by atoms with Crippen LogP contribution in [0.1, 0.15) is 16.7 Å². The third-order valence-corrected chi connectivity index (χ3v) is 4.47. The Kier molecular flexibility index (Phi) is 5.79. The van der Waals surface area contributed by atoms with E-state index in [4.69, 9.17) is 0 Å². The van der Waals surface area contributed by atoms with Crippen LogP contribution in [0.3, 0.4) is 0 Å². The van der Waals surface area contributed by atoms with Crippen molar-refractivity contribution in [1.29, 1.82) is 0 Å². The number of hydrogen-bond acceptors (Lipinski definition) is 3. The monoisotopic (exact) mass is 342 g/mol. The Labute approximate surface area is 147 Å². The Hall–Kier alpha value is -2.24. The third kappa shape index (κ3) is 5.11. The molecule has 132 valence electrons. The minimum absolute atomic E-state index is 0.113. The van der Waals surface area contributed by atoms with Crippen molar-refractivity contribution in [3.05, 3.63) is 71.0 Å². The van der Waals surface area contributed by atoms with E-state index in [-0.39, 0.29) is 24.7 Å². The van der Waals surface area contributed by atoms with Crippen molar-refractivity contribution >= 4 is 5.91 Å². The second kappa shape index (κ2) is 8.23. The lowest BCUT2D eigenvalue weighted by molar-refractivity contribution is -0.121. The first-order valence-electron chi connectivity index (χ1n) is 8.58. The minimum atomic E-state index is -0.623. The van der Waals surface area contributed by atoms with Crippen LogP contribution in [0.15, 0.2) is 48.5 Å². The van der Waals surface area contributed by atoms with E-state index < -0.39 is 6.10 Å². The Morgan fingerprint density at radius 1 is 1.20 bits per heavy atom. The van der Waals surface area contributed by atoms with Gasteiger partial charge in [0.2, 0.25) is 5.91 Å². The molecule has 0 bridgehead atoms. The summed E-state index contributed by atoms with van der Waals surface area (Å²) in [6, 6.07) is 14.3. The number of aliphatic hydroxyl groups is 1. The average Bonchev–Trinajstić information content (AvgIpc) is 2.60. The Morgan fingerprint density at radius 2 is 2.00 bits per heavy atom. The summed E-state index contributed by atoms with van der Waals surface area (Å²) in [5, 5.41) is 12.9. The Bertz CT molecular complexity index is 735. The number of halogens is 1. The normalized spacial score (nSPS) is 15.4. The minimum Gasteiger partial charge on any atom is -0.390 e. The summed E-state index contributed by atoms with van der Waals surface area (Å²) in [6.45, 7) is 2.46. The molecule has 5 heteroatoms. The molecule has 0 saturated heterocycles. The molecule has 0 aliphatic carbocycles. The molecule has 1 aliphatic rings. The van der Waals surface area contributed by atoms with Gasteiger partial charge in [-0.2, -0.15) is 0 Å². The summed E-state index contributed by atoms with van der Waals surface area (Å²) in [7, 11) is 0. The average molecular weight is 342 g/mol. The van der Waals surface area contributed by atoms with Gasteiger partial charge in [0.15, 0.2) is 0 Å². The van der Waals surface area contributed by atoms with Crippen LogP contribution in [-0.4, -0.2) is 41.7 Å². The number of benzene rings is 2. The quantitative estimate of drug-likeness (QED) is 0.843. The molecule has 4 nitrogen and oxygen atoms in total. The number of amides is 1. The molecule has 0 fully saturated rings. The van der Waals surface area contributed by atoms with Crippen LogP contribution in [0.4, 0.5) is 4.39 Å². The molecule has 0 spiro atoms. The second-order valence-electron chi connectivity index (χ2n) is 6.52. The maximum atomic E-state index is 13.1. The molecule has 0 saturated carbocycles. The van der Waals surface area contributed by atoms with Gasteiger partial charge in [-0.1, -0.05) is 36.4 Å². The molecular formula is C20H23FN2O2. The van der Waals surface area contributed by atoms with Gasteiger partial charge in [0.05, 0.1) is 12.5 Å². The third-order valence-electron chi connectivity index (χ3n) is 4.47. The molecule has 25 heavy (non-hydrogen) atoms. The number of aliphatic hydroxyl groups excluding tert-OH is 1. The van der Waals surface area contributed by atoms with Gasteiger partial charge in [0.1, 0.15) is 5.82 Å². The second-order valence-corrected chi connectivity index (χ2v) is 6.52. The fourth-order valence-electron chi connectivity index (χ4n) is 3.20. The van der Waals surface area contributed by atoms with Gasteiger partial charge >= 0.3 is 0 Å². The molecule has 2 aromatic rings. The van der Waals surface area contributed by atoms with Crippen LogP contribution in [0.25, 0.3) is 0 Å². The number of fused-ring (bicyclic) bond motifs is 1. The largest absolute Gasteiger partial charge is 0.390 e. The highest BCUT2D eigenvalue weighted by atomic mass is 19.1. The molecule has 3 rings (SSSR count). The number of hydrogen-bond donors (Lipinski definition) is 2. The van der Waals surface area contributed by atoms with Crippen LogP contribution in [0.5, 0.6) is 0 Å². The van der Waals surface area contributed by atoms with E-state index in [1.807, 2.05) is 6.07 Å². The number of rotatable bonds is 6. The highest BCUT2D eigenvalue weighted by molar-refractivity contribution is 5.78. The summed E-state index contributed by atoms with van der Waals surface area (Å²) in [6.07, 6.45) is 0.470. The van der Waals surface area contributed by atoms with E-state index in [0.29, 0.717) is 12.1 Å². The van der Waals surface area contributed by atoms with E-state index in [2.05, 4.69) is 28.4 Å². The van der Waals surface area contributed by atoms with E-state index in [0.717, 1.165) is 19.5 Å². The molecule has 1 aliphatic heterocycles. The van der Waals surface area contributed by atoms with E-state index in [1.54, 1.807) is 12.1 Å². The highest BCUT2D eigenvalue weighted by Gasteiger charge is 2.18. The highest BCUT2D eigenvalue weighted by Crippen LogP contribution is 2.18. The predicted octanol–water partition coefficient (Wildman–Crippen LogP) is 1.90. The zero-order chi connectivity index (χ0) is 17.6. The number of nitrogens with one attached hydrogen (secondary N) is 1. The lowest BCUT2D eigenvalue weighted by Gasteiger charge is -2.30. The molecule has 1 atom stereocenters. The first kappa shape index (κ1) is 17.6. The summed E-state index contributed by atoms with van der Waals surface area (Å²) in [5.41, 5.74) is 3.30. The van der Waals surface area contributed by atoms with Crippen molar-refractivity contribution in [1.82, 2.24) is 10.2 Å². The van der Waals surface area contributed by atoms with Crippen LogP contribution in [0, 0.1) is 5.82 Å². The topological polar surface area (TPSA) is 52.6 Å². The maximum absolute atomic E-state index is 13.1. The van der Waals surface area contributed by atoms with Gasteiger partial charge in [0, 0.05) is 26.2 Å². The summed E-state index contributed by atoms with van der Waals surface area (Å²) in [5.74, 6) is -0.565. The fraction of sp³-hybridized carbons (Fsp3) is 0.350. The van der Waals surface area contributed by atoms with E-state index >= 15 is 0 Å². The number of nitrogens with zero attached hydrogens (tertiary/aromatic N) is 1. The summed E-state index contributed by atoms with van der Waals surface area (Å²) < 4.78 is 13.1. The molecule has 0 radical (unpaired) electrons. The molecule has 2 N–H and O–H groups in total. The molecular weight excluding hydrogens is 319 g/mol. The SMILES string of the molecule is O=C(Cc1cccc(F)c1)NCC(O)CN1CCc2ccccc2C1. The molecule has 1 amide bonds. The van der Waals surface area contributed by atoms with Crippen LogP contribution >= 0.6 is 0 Å². The molecule has 1 unspecified atom stereocenters. The van der Waals surface area contributed by atoms with Gasteiger partial charge in [-0.15, -0.1) is 0 Å². The zero-order valence-electron chi connectivity index (χ0n) is 14.1. The molecule has 1 heterocycles. The van der Waals surface area contributed by atoms with Crippen molar-refractivity contribution in [2.75, 3.05) is 19.6 Å². The van der Waals surface area contributed by atoms with Crippen molar-refractivity contribution in [3.8, 4) is 0 Å².